The Bertz CT molecular complexity index is 788. The fourth-order valence-corrected chi connectivity index (χ4v) is 11.3. The molecule has 0 amide bonds. The highest BCUT2D eigenvalue weighted by Gasteiger charge is 2.82. The molecular weight excluding hydrogens is 376 g/mol. The molecule has 6 saturated carbocycles. The molecule has 9 atom stereocenters. The largest absolute Gasteiger partial charge is 0.393 e. The third-order valence-corrected chi connectivity index (χ3v) is 13.4. The summed E-state index contributed by atoms with van der Waals surface area (Å²) in [5.74, 6) is 3.53. The average molecular weight is 425 g/mol. The molecule has 6 aliphatic carbocycles. The summed E-state index contributed by atoms with van der Waals surface area (Å²) in [7, 11) is 0. The van der Waals surface area contributed by atoms with Gasteiger partial charge in [-0.25, -0.2) is 0 Å². The van der Waals surface area contributed by atoms with Crippen LogP contribution < -0.4 is 0 Å². The number of hydrogen-bond acceptors (Lipinski definition) is 1. The summed E-state index contributed by atoms with van der Waals surface area (Å²) < 4.78 is 0. The summed E-state index contributed by atoms with van der Waals surface area (Å²) in [6.07, 6.45) is 20.7. The van der Waals surface area contributed by atoms with Crippen molar-refractivity contribution in [3.63, 3.8) is 0 Å². The van der Waals surface area contributed by atoms with E-state index in [4.69, 9.17) is 0 Å². The summed E-state index contributed by atoms with van der Waals surface area (Å²) in [6.45, 7) is 12.9. The highest BCUT2D eigenvalue weighted by Crippen LogP contribution is 2.89. The van der Waals surface area contributed by atoms with Crippen LogP contribution in [-0.2, 0) is 0 Å². The molecule has 1 N–H and O–H groups in total. The van der Waals surface area contributed by atoms with Crippen LogP contribution in [0.5, 0.6) is 0 Å². The summed E-state index contributed by atoms with van der Waals surface area (Å²) in [6, 6.07) is 0. The lowest BCUT2D eigenvalue weighted by Crippen LogP contribution is -2.57. The Labute approximate surface area is 191 Å². The summed E-state index contributed by atoms with van der Waals surface area (Å²) in [5.41, 5.74) is 4.17. The molecular formula is C30H48O. The number of aliphatic hydroxyl groups excluding tert-OH is 1. The standard InChI is InChI=1S/C30H48O/c1-20(7-6-8-21-9-10-21)22-13-15-28(5)24-12-11-23-26(2,3)25(31)14-16-29(23)19-30(24,29)18-17-27(22,28)4/h8,20,22-25,31H,6-7,9-19H2,1-5H3/t20-,22-,23?,24+,25+,27-,28+,29-,30+/m1/s1. The van der Waals surface area contributed by atoms with Crippen molar-refractivity contribution in [1.29, 1.82) is 0 Å². The van der Waals surface area contributed by atoms with Gasteiger partial charge in [-0.05, 0) is 134 Å². The van der Waals surface area contributed by atoms with Gasteiger partial charge in [0.25, 0.3) is 0 Å². The van der Waals surface area contributed by atoms with Gasteiger partial charge >= 0.3 is 0 Å². The Hall–Kier alpha value is -0.300. The number of hydrogen-bond donors (Lipinski definition) is 1. The molecule has 1 nitrogen and oxygen atoms in total. The maximum atomic E-state index is 10.8. The molecule has 6 rings (SSSR count). The highest BCUT2D eigenvalue weighted by molar-refractivity contribution is 5.30. The maximum Gasteiger partial charge on any atom is 0.0594 e. The minimum atomic E-state index is -0.0796. The lowest BCUT2D eigenvalue weighted by Gasteiger charge is -2.63. The van der Waals surface area contributed by atoms with E-state index in [1.807, 2.05) is 0 Å². The number of allylic oxidation sites excluding steroid dienone is 2. The van der Waals surface area contributed by atoms with Crippen molar-refractivity contribution >= 4 is 0 Å². The van der Waals surface area contributed by atoms with Crippen LogP contribution in [-0.4, -0.2) is 11.2 Å². The van der Waals surface area contributed by atoms with Crippen LogP contribution in [0.2, 0.25) is 0 Å². The second kappa shape index (κ2) is 6.43. The first kappa shape index (κ1) is 21.2. The molecule has 31 heavy (non-hydrogen) atoms. The second-order valence-corrected chi connectivity index (χ2v) is 14.4. The number of fused-ring (bicyclic) bond motifs is 2. The summed E-state index contributed by atoms with van der Waals surface area (Å²) in [5, 5.41) is 10.8. The minimum Gasteiger partial charge on any atom is -0.393 e. The van der Waals surface area contributed by atoms with E-state index in [1.165, 1.54) is 77.0 Å². The predicted molar refractivity (Wildman–Crippen MR) is 129 cm³/mol. The monoisotopic (exact) mass is 424 g/mol. The van der Waals surface area contributed by atoms with Crippen LogP contribution in [0.4, 0.5) is 0 Å². The first-order chi connectivity index (χ1) is 14.6. The molecule has 2 spiro atoms. The van der Waals surface area contributed by atoms with Crippen molar-refractivity contribution in [3.8, 4) is 0 Å². The van der Waals surface area contributed by atoms with Crippen LogP contribution >= 0.6 is 0 Å². The predicted octanol–water partition coefficient (Wildman–Crippen LogP) is 7.92. The lowest BCUT2D eigenvalue weighted by atomic mass is 9.41. The quantitative estimate of drug-likeness (QED) is 0.454. The van der Waals surface area contributed by atoms with Crippen molar-refractivity contribution in [2.24, 2.45) is 50.7 Å². The Morgan fingerprint density at radius 3 is 2.32 bits per heavy atom. The van der Waals surface area contributed by atoms with Crippen molar-refractivity contribution < 1.29 is 5.11 Å². The van der Waals surface area contributed by atoms with E-state index in [0.29, 0.717) is 21.7 Å². The molecule has 0 saturated heterocycles. The van der Waals surface area contributed by atoms with Crippen molar-refractivity contribution in [2.45, 2.75) is 124 Å². The lowest BCUT2D eigenvalue weighted by molar-refractivity contribution is -0.161. The van der Waals surface area contributed by atoms with Gasteiger partial charge in [0, 0.05) is 0 Å². The Kier molecular flexibility index (Phi) is 4.40. The van der Waals surface area contributed by atoms with E-state index in [0.717, 1.165) is 30.1 Å². The van der Waals surface area contributed by atoms with E-state index < -0.39 is 0 Å². The second-order valence-electron chi connectivity index (χ2n) is 14.4. The normalized spacial score (nSPS) is 54.8. The van der Waals surface area contributed by atoms with E-state index in [-0.39, 0.29) is 11.5 Å². The molecule has 0 aromatic rings. The molecule has 0 radical (unpaired) electrons. The van der Waals surface area contributed by atoms with Crippen molar-refractivity contribution in [2.75, 3.05) is 0 Å². The van der Waals surface area contributed by atoms with Crippen LogP contribution in [0.25, 0.3) is 0 Å². The highest BCUT2D eigenvalue weighted by atomic mass is 16.3. The Morgan fingerprint density at radius 2 is 1.58 bits per heavy atom. The van der Waals surface area contributed by atoms with Crippen molar-refractivity contribution in [3.05, 3.63) is 11.6 Å². The number of aliphatic hydroxyl groups is 1. The Balaban J connectivity index is 1.26. The van der Waals surface area contributed by atoms with Crippen LogP contribution in [0.15, 0.2) is 11.6 Å². The fourth-order valence-electron chi connectivity index (χ4n) is 11.3. The van der Waals surface area contributed by atoms with Gasteiger partial charge in [0.1, 0.15) is 0 Å². The zero-order valence-electron chi connectivity index (χ0n) is 21.1. The molecule has 174 valence electrons. The first-order valence-electron chi connectivity index (χ1n) is 14.0. The Morgan fingerprint density at radius 1 is 0.871 bits per heavy atom. The van der Waals surface area contributed by atoms with Crippen LogP contribution in [0, 0.1) is 50.7 Å². The summed E-state index contributed by atoms with van der Waals surface area (Å²) >= 11 is 0. The minimum absolute atomic E-state index is 0.0796. The van der Waals surface area contributed by atoms with Gasteiger partial charge in [0.15, 0.2) is 0 Å². The maximum absolute atomic E-state index is 10.8. The van der Waals surface area contributed by atoms with Gasteiger partial charge in [-0.1, -0.05) is 46.3 Å². The van der Waals surface area contributed by atoms with E-state index in [2.05, 4.69) is 40.7 Å². The molecule has 0 aromatic heterocycles. The third kappa shape index (κ3) is 2.54. The van der Waals surface area contributed by atoms with E-state index >= 15 is 0 Å². The molecule has 0 heterocycles. The molecule has 0 bridgehead atoms. The fraction of sp³-hybridized carbons (Fsp3) is 0.933. The zero-order chi connectivity index (χ0) is 21.9. The van der Waals surface area contributed by atoms with Gasteiger partial charge in [-0.3, -0.25) is 0 Å². The number of rotatable bonds is 4. The zero-order valence-corrected chi connectivity index (χ0v) is 21.1. The van der Waals surface area contributed by atoms with E-state index in [1.54, 1.807) is 5.57 Å². The molecule has 1 unspecified atom stereocenters. The molecule has 1 heteroatoms. The molecule has 0 aliphatic heterocycles. The average Bonchev–Trinajstić information content (AvgIpc) is 3.61. The van der Waals surface area contributed by atoms with Gasteiger partial charge < -0.3 is 5.11 Å². The van der Waals surface area contributed by atoms with Crippen molar-refractivity contribution in [1.82, 2.24) is 0 Å². The SMILES string of the molecule is C[C@H](CCC=C1CC1)[C@H]1CC[C@@]2(C)[C@@H]3CCC4C(C)(C)[C@@H](O)CC[C@@]45C[C@@]35CC[C@]12C. The first-order valence-corrected chi connectivity index (χ1v) is 14.0. The van der Waals surface area contributed by atoms with Gasteiger partial charge in [-0.15, -0.1) is 0 Å². The van der Waals surface area contributed by atoms with Gasteiger partial charge in [0.05, 0.1) is 6.10 Å². The van der Waals surface area contributed by atoms with Gasteiger partial charge in [-0.2, -0.15) is 0 Å². The van der Waals surface area contributed by atoms with E-state index in [9.17, 15) is 5.11 Å². The smallest absolute Gasteiger partial charge is 0.0594 e. The van der Waals surface area contributed by atoms with Crippen LogP contribution in [0.1, 0.15) is 118 Å². The third-order valence-electron chi connectivity index (χ3n) is 13.4. The summed E-state index contributed by atoms with van der Waals surface area (Å²) in [4.78, 5) is 0. The van der Waals surface area contributed by atoms with Crippen LogP contribution in [0.3, 0.4) is 0 Å². The molecule has 6 fully saturated rings. The molecule has 6 aliphatic rings. The topological polar surface area (TPSA) is 20.2 Å². The molecule has 0 aromatic carbocycles. The van der Waals surface area contributed by atoms with Gasteiger partial charge in [0.2, 0.25) is 0 Å².